The summed E-state index contributed by atoms with van der Waals surface area (Å²) >= 11 is 5.96. The minimum atomic E-state index is 0.144. The van der Waals surface area contributed by atoms with Gasteiger partial charge in [0.1, 0.15) is 0 Å². The van der Waals surface area contributed by atoms with Crippen LogP contribution in [0.4, 0.5) is 0 Å². The van der Waals surface area contributed by atoms with Crippen molar-refractivity contribution < 1.29 is 4.74 Å². The minimum Gasteiger partial charge on any atom is -0.383 e. The molecule has 18 heavy (non-hydrogen) atoms. The molecule has 0 bridgehead atoms. The van der Waals surface area contributed by atoms with Gasteiger partial charge in [0.15, 0.2) is 5.96 Å². The molecule has 0 fully saturated rings. The van der Waals surface area contributed by atoms with Crippen LogP contribution in [-0.4, -0.2) is 25.7 Å². The van der Waals surface area contributed by atoms with E-state index in [1.165, 1.54) is 0 Å². The normalized spacial score (nSPS) is 13.4. The van der Waals surface area contributed by atoms with Gasteiger partial charge >= 0.3 is 0 Å². The SMILES string of the molecule is COCC(C)NC(N)=NCc1ccc(Cl)c(C)c1. The van der Waals surface area contributed by atoms with E-state index in [-0.39, 0.29) is 6.04 Å². The number of methoxy groups -OCH3 is 1. The first kappa shape index (κ1) is 14.8. The lowest BCUT2D eigenvalue weighted by atomic mass is 10.1. The number of aryl methyl sites for hydroxylation is 1. The molecule has 1 aromatic carbocycles. The molecule has 0 radical (unpaired) electrons. The summed E-state index contributed by atoms with van der Waals surface area (Å²) in [4.78, 5) is 4.27. The molecule has 0 saturated carbocycles. The fraction of sp³-hybridized carbons (Fsp3) is 0.462. The van der Waals surface area contributed by atoms with Gasteiger partial charge in [0.25, 0.3) is 0 Å². The molecule has 0 aromatic heterocycles. The summed E-state index contributed by atoms with van der Waals surface area (Å²) in [6.07, 6.45) is 0. The average molecular weight is 270 g/mol. The van der Waals surface area contributed by atoms with Gasteiger partial charge in [0.05, 0.1) is 13.2 Å². The van der Waals surface area contributed by atoms with Crippen molar-refractivity contribution in [2.45, 2.75) is 26.4 Å². The number of nitrogens with zero attached hydrogens (tertiary/aromatic N) is 1. The molecular weight excluding hydrogens is 250 g/mol. The Kier molecular flexibility index (Phi) is 5.95. The monoisotopic (exact) mass is 269 g/mol. The molecule has 0 aliphatic rings. The molecule has 0 amide bonds. The van der Waals surface area contributed by atoms with Crippen LogP contribution in [0.2, 0.25) is 5.02 Å². The zero-order valence-corrected chi connectivity index (χ0v) is 11.8. The Labute approximate surface area is 113 Å². The lowest BCUT2D eigenvalue weighted by Crippen LogP contribution is -2.40. The van der Waals surface area contributed by atoms with Crippen LogP contribution < -0.4 is 11.1 Å². The molecule has 0 aliphatic carbocycles. The highest BCUT2D eigenvalue weighted by Gasteiger charge is 2.02. The largest absolute Gasteiger partial charge is 0.383 e. The molecule has 0 aliphatic heterocycles. The number of ether oxygens (including phenoxy) is 1. The van der Waals surface area contributed by atoms with Crippen LogP contribution in [0.1, 0.15) is 18.1 Å². The van der Waals surface area contributed by atoms with Crippen LogP contribution in [0, 0.1) is 6.92 Å². The Morgan fingerprint density at radius 2 is 2.28 bits per heavy atom. The van der Waals surface area contributed by atoms with Crippen molar-refractivity contribution in [3.05, 3.63) is 34.3 Å². The van der Waals surface area contributed by atoms with Crippen LogP contribution in [0.3, 0.4) is 0 Å². The van der Waals surface area contributed by atoms with Crippen molar-refractivity contribution in [3.63, 3.8) is 0 Å². The molecule has 100 valence electrons. The van der Waals surface area contributed by atoms with Gasteiger partial charge in [-0.05, 0) is 31.0 Å². The first-order valence-electron chi connectivity index (χ1n) is 5.83. The summed E-state index contributed by atoms with van der Waals surface area (Å²) in [5.74, 6) is 0.423. The number of nitrogens with two attached hydrogens (primary N) is 1. The number of hydrogen-bond donors (Lipinski definition) is 2. The Morgan fingerprint density at radius 3 is 2.89 bits per heavy atom. The molecule has 1 unspecified atom stereocenters. The number of benzene rings is 1. The van der Waals surface area contributed by atoms with E-state index in [1.54, 1.807) is 7.11 Å². The molecule has 1 atom stereocenters. The van der Waals surface area contributed by atoms with Gasteiger partial charge in [-0.15, -0.1) is 0 Å². The maximum Gasteiger partial charge on any atom is 0.189 e. The van der Waals surface area contributed by atoms with Crippen LogP contribution in [-0.2, 0) is 11.3 Å². The third kappa shape index (κ3) is 4.94. The lowest BCUT2D eigenvalue weighted by Gasteiger charge is -2.13. The van der Waals surface area contributed by atoms with Gasteiger partial charge in [-0.1, -0.05) is 23.7 Å². The van der Waals surface area contributed by atoms with Gasteiger partial charge in [-0.3, -0.25) is 0 Å². The number of rotatable bonds is 5. The van der Waals surface area contributed by atoms with Crippen LogP contribution in [0.15, 0.2) is 23.2 Å². The number of nitrogens with one attached hydrogen (secondary N) is 1. The number of aliphatic imine (C=N–C) groups is 1. The van der Waals surface area contributed by atoms with Gasteiger partial charge in [-0.2, -0.15) is 0 Å². The van der Waals surface area contributed by atoms with E-state index >= 15 is 0 Å². The molecule has 3 N–H and O–H groups in total. The fourth-order valence-corrected chi connectivity index (χ4v) is 1.69. The van der Waals surface area contributed by atoms with Gasteiger partial charge < -0.3 is 15.8 Å². The predicted octanol–water partition coefficient (Wildman–Crippen LogP) is 2.09. The van der Waals surface area contributed by atoms with E-state index in [0.717, 1.165) is 16.1 Å². The Balaban J connectivity index is 2.54. The standard InChI is InChI=1S/C13H20ClN3O/c1-9-6-11(4-5-12(9)14)7-16-13(15)17-10(2)8-18-3/h4-6,10H,7-8H2,1-3H3,(H3,15,16,17). The fourth-order valence-electron chi connectivity index (χ4n) is 1.57. The molecule has 0 saturated heterocycles. The van der Waals surface area contributed by atoms with Crippen LogP contribution in [0.25, 0.3) is 0 Å². The molecule has 0 heterocycles. The number of hydrogen-bond acceptors (Lipinski definition) is 2. The molecule has 4 nitrogen and oxygen atoms in total. The van der Waals surface area contributed by atoms with E-state index in [4.69, 9.17) is 22.1 Å². The van der Waals surface area contributed by atoms with Crippen LogP contribution >= 0.6 is 11.6 Å². The van der Waals surface area contributed by atoms with E-state index in [0.29, 0.717) is 19.1 Å². The second-order valence-corrected chi connectivity index (χ2v) is 4.69. The van der Waals surface area contributed by atoms with E-state index in [9.17, 15) is 0 Å². The van der Waals surface area contributed by atoms with E-state index < -0.39 is 0 Å². The third-order valence-electron chi connectivity index (χ3n) is 2.47. The summed E-state index contributed by atoms with van der Waals surface area (Å²) in [6.45, 7) is 5.09. The van der Waals surface area contributed by atoms with Gasteiger partial charge in [0, 0.05) is 18.2 Å². The molecular formula is C13H20ClN3O. The minimum absolute atomic E-state index is 0.144. The molecule has 1 aromatic rings. The lowest BCUT2D eigenvalue weighted by molar-refractivity contribution is 0.179. The highest BCUT2D eigenvalue weighted by molar-refractivity contribution is 6.31. The average Bonchev–Trinajstić information content (AvgIpc) is 2.31. The third-order valence-corrected chi connectivity index (χ3v) is 2.89. The van der Waals surface area contributed by atoms with Crippen molar-refractivity contribution in [1.82, 2.24) is 5.32 Å². The second kappa shape index (κ2) is 7.24. The molecule has 5 heteroatoms. The second-order valence-electron chi connectivity index (χ2n) is 4.29. The maximum atomic E-state index is 5.96. The number of guanidine groups is 1. The van der Waals surface area contributed by atoms with Crippen molar-refractivity contribution in [2.24, 2.45) is 10.7 Å². The van der Waals surface area contributed by atoms with Crippen molar-refractivity contribution >= 4 is 17.6 Å². The van der Waals surface area contributed by atoms with Gasteiger partial charge in [0.2, 0.25) is 0 Å². The first-order valence-corrected chi connectivity index (χ1v) is 6.21. The zero-order valence-electron chi connectivity index (χ0n) is 11.0. The first-order chi connectivity index (χ1) is 8.52. The zero-order chi connectivity index (χ0) is 13.5. The summed E-state index contributed by atoms with van der Waals surface area (Å²) in [5.41, 5.74) is 7.91. The molecule has 0 spiro atoms. The highest BCUT2D eigenvalue weighted by Crippen LogP contribution is 2.16. The van der Waals surface area contributed by atoms with E-state index in [1.807, 2.05) is 32.0 Å². The molecule has 1 rings (SSSR count). The summed E-state index contributed by atoms with van der Waals surface area (Å²) in [6, 6.07) is 5.98. The van der Waals surface area contributed by atoms with Crippen molar-refractivity contribution in [1.29, 1.82) is 0 Å². The summed E-state index contributed by atoms with van der Waals surface area (Å²) < 4.78 is 5.01. The van der Waals surface area contributed by atoms with Crippen LogP contribution in [0.5, 0.6) is 0 Å². The van der Waals surface area contributed by atoms with Crippen molar-refractivity contribution in [2.75, 3.05) is 13.7 Å². The smallest absolute Gasteiger partial charge is 0.189 e. The Hall–Kier alpha value is -1.26. The van der Waals surface area contributed by atoms with Gasteiger partial charge in [-0.25, -0.2) is 4.99 Å². The Morgan fingerprint density at radius 1 is 1.56 bits per heavy atom. The summed E-state index contributed by atoms with van der Waals surface area (Å²) in [7, 11) is 1.65. The Bertz CT molecular complexity index is 421. The number of halogens is 1. The highest BCUT2D eigenvalue weighted by atomic mass is 35.5. The topological polar surface area (TPSA) is 59.6 Å². The van der Waals surface area contributed by atoms with E-state index in [2.05, 4.69) is 10.3 Å². The maximum absolute atomic E-state index is 5.96. The summed E-state index contributed by atoms with van der Waals surface area (Å²) in [5, 5.41) is 3.82. The predicted molar refractivity (Wildman–Crippen MR) is 76.0 cm³/mol. The van der Waals surface area contributed by atoms with Crippen molar-refractivity contribution in [3.8, 4) is 0 Å². The quantitative estimate of drug-likeness (QED) is 0.636.